The second-order valence-corrected chi connectivity index (χ2v) is 7.94. The van der Waals surface area contributed by atoms with Gasteiger partial charge in [0, 0.05) is 50.4 Å². The van der Waals surface area contributed by atoms with Crippen LogP contribution in [0.15, 0.2) is 41.9 Å². The van der Waals surface area contributed by atoms with E-state index in [0.29, 0.717) is 5.15 Å². The van der Waals surface area contributed by atoms with Crippen LogP contribution >= 0.6 is 22.9 Å². The van der Waals surface area contributed by atoms with Gasteiger partial charge in [-0.15, -0.1) is 11.3 Å². The molecule has 0 unspecified atom stereocenters. The molecule has 1 amide bonds. The smallest absolute Gasteiger partial charge is 0.246 e. The number of imidazole rings is 1. The molecule has 0 atom stereocenters. The fourth-order valence-corrected chi connectivity index (χ4v) is 4.34. The maximum atomic E-state index is 12.5. The van der Waals surface area contributed by atoms with E-state index in [9.17, 15) is 4.79 Å². The van der Waals surface area contributed by atoms with Gasteiger partial charge in [0.25, 0.3) is 0 Å². The van der Waals surface area contributed by atoms with Crippen LogP contribution in [0.2, 0.25) is 5.15 Å². The number of thiazole rings is 1. The van der Waals surface area contributed by atoms with Crippen LogP contribution in [0.4, 0.5) is 0 Å². The zero-order valence-corrected chi connectivity index (χ0v) is 16.7. The Kier molecular flexibility index (Phi) is 5.29. The van der Waals surface area contributed by atoms with Crippen molar-refractivity contribution in [1.82, 2.24) is 19.2 Å². The van der Waals surface area contributed by atoms with Crippen molar-refractivity contribution in [2.24, 2.45) is 0 Å². The van der Waals surface area contributed by atoms with E-state index >= 15 is 0 Å². The molecule has 5 nitrogen and oxygen atoms in total. The fraction of sp³-hybridized carbons (Fsp3) is 0.300. The monoisotopic (exact) mass is 400 g/mol. The Morgan fingerprint density at radius 2 is 2.04 bits per heavy atom. The van der Waals surface area contributed by atoms with Crippen LogP contribution in [0.25, 0.3) is 11.0 Å². The van der Waals surface area contributed by atoms with E-state index in [1.54, 1.807) is 12.2 Å². The van der Waals surface area contributed by atoms with Crippen LogP contribution < -0.4 is 0 Å². The highest BCUT2D eigenvalue weighted by atomic mass is 35.5. The van der Waals surface area contributed by atoms with E-state index < -0.39 is 0 Å². The quantitative estimate of drug-likeness (QED) is 0.627. The van der Waals surface area contributed by atoms with Crippen LogP contribution in [0.3, 0.4) is 0 Å². The SMILES string of the molecule is Cc1ccccc1CN1CCN(C(=O)/C=C/c2c(Cl)nc3sccn23)CC1. The van der Waals surface area contributed by atoms with Gasteiger partial charge in [0.1, 0.15) is 0 Å². The number of carbonyl (C=O) groups excluding carboxylic acids is 1. The summed E-state index contributed by atoms with van der Waals surface area (Å²) in [6.45, 7) is 6.33. The number of halogens is 1. The summed E-state index contributed by atoms with van der Waals surface area (Å²) in [5, 5.41) is 2.37. The van der Waals surface area contributed by atoms with Crippen molar-refractivity contribution in [3.63, 3.8) is 0 Å². The molecule has 0 N–H and O–H groups in total. The first-order valence-electron chi connectivity index (χ1n) is 8.97. The number of amides is 1. The number of fused-ring (bicyclic) bond motifs is 1. The van der Waals surface area contributed by atoms with Crippen molar-refractivity contribution in [2.45, 2.75) is 13.5 Å². The van der Waals surface area contributed by atoms with E-state index in [4.69, 9.17) is 11.6 Å². The largest absolute Gasteiger partial charge is 0.337 e. The normalized spacial score (nSPS) is 15.9. The first-order valence-corrected chi connectivity index (χ1v) is 10.2. The lowest BCUT2D eigenvalue weighted by Crippen LogP contribution is -2.47. The second kappa shape index (κ2) is 7.84. The van der Waals surface area contributed by atoms with Gasteiger partial charge in [0.15, 0.2) is 10.1 Å². The Labute approximate surface area is 167 Å². The molecule has 3 heterocycles. The third kappa shape index (κ3) is 3.93. The zero-order chi connectivity index (χ0) is 18.8. The minimum absolute atomic E-state index is 0.0202. The van der Waals surface area contributed by atoms with E-state index in [-0.39, 0.29) is 5.91 Å². The van der Waals surface area contributed by atoms with Crippen LogP contribution in [0, 0.1) is 6.92 Å². The number of piperazine rings is 1. The van der Waals surface area contributed by atoms with Crippen LogP contribution in [-0.2, 0) is 11.3 Å². The third-order valence-corrected chi connectivity index (χ3v) is 6.01. The summed E-state index contributed by atoms with van der Waals surface area (Å²) in [6, 6.07) is 8.47. The van der Waals surface area contributed by atoms with Crippen LogP contribution in [-0.4, -0.2) is 51.3 Å². The molecule has 1 aromatic carbocycles. The summed E-state index contributed by atoms with van der Waals surface area (Å²) in [5.74, 6) is 0.0202. The van der Waals surface area contributed by atoms with Gasteiger partial charge in [-0.25, -0.2) is 4.98 Å². The Morgan fingerprint density at radius 1 is 1.26 bits per heavy atom. The molecule has 1 aliphatic rings. The molecule has 140 valence electrons. The topological polar surface area (TPSA) is 40.8 Å². The number of hydrogen-bond donors (Lipinski definition) is 0. The Bertz CT molecular complexity index is 985. The maximum absolute atomic E-state index is 12.5. The number of benzene rings is 1. The number of carbonyl (C=O) groups is 1. The Morgan fingerprint density at radius 3 is 2.81 bits per heavy atom. The van der Waals surface area contributed by atoms with E-state index in [1.165, 1.54) is 22.5 Å². The minimum Gasteiger partial charge on any atom is -0.337 e. The van der Waals surface area contributed by atoms with E-state index in [0.717, 1.165) is 43.4 Å². The van der Waals surface area contributed by atoms with Gasteiger partial charge in [-0.1, -0.05) is 35.9 Å². The molecule has 0 spiro atoms. The molecule has 0 bridgehead atoms. The lowest BCUT2D eigenvalue weighted by atomic mass is 10.1. The molecule has 2 aromatic heterocycles. The molecule has 1 fully saturated rings. The Hall–Kier alpha value is -2.15. The molecule has 0 saturated carbocycles. The predicted octanol–water partition coefficient (Wildman–Crippen LogP) is 3.72. The number of nitrogens with zero attached hydrogens (tertiary/aromatic N) is 4. The highest BCUT2D eigenvalue weighted by Crippen LogP contribution is 2.22. The number of rotatable bonds is 4. The minimum atomic E-state index is 0.0202. The third-order valence-electron chi connectivity index (χ3n) is 4.98. The number of aromatic nitrogens is 2. The van der Waals surface area contributed by atoms with Gasteiger partial charge in [0.05, 0.1) is 5.69 Å². The second-order valence-electron chi connectivity index (χ2n) is 6.70. The molecule has 0 radical (unpaired) electrons. The summed E-state index contributed by atoms with van der Waals surface area (Å²) in [7, 11) is 0. The standard InChI is InChI=1S/C20H21ClN4OS/c1-15-4-2-3-5-16(15)14-23-8-10-24(11-9-23)18(26)7-6-17-19(21)22-20-25(17)12-13-27-20/h2-7,12-13H,8-11,14H2,1H3/b7-6+. The van der Waals surface area contributed by atoms with Crippen molar-refractivity contribution in [1.29, 1.82) is 0 Å². The van der Waals surface area contributed by atoms with Crippen LogP contribution in [0.1, 0.15) is 16.8 Å². The highest BCUT2D eigenvalue weighted by Gasteiger charge is 2.20. The summed E-state index contributed by atoms with van der Waals surface area (Å²) in [4.78, 5) is 22.0. The van der Waals surface area contributed by atoms with Crippen molar-refractivity contribution in [3.05, 3.63) is 63.9 Å². The van der Waals surface area contributed by atoms with Gasteiger partial charge < -0.3 is 4.90 Å². The Balaban J connectivity index is 1.35. The van der Waals surface area contributed by atoms with Gasteiger partial charge in [-0.2, -0.15) is 0 Å². The lowest BCUT2D eigenvalue weighted by molar-refractivity contribution is -0.127. The summed E-state index contributed by atoms with van der Waals surface area (Å²) in [6.07, 6.45) is 5.27. The zero-order valence-electron chi connectivity index (χ0n) is 15.1. The average molecular weight is 401 g/mol. The molecule has 1 saturated heterocycles. The lowest BCUT2D eigenvalue weighted by Gasteiger charge is -2.34. The molecular formula is C20H21ClN4OS. The van der Waals surface area contributed by atoms with E-state index in [1.807, 2.05) is 20.9 Å². The summed E-state index contributed by atoms with van der Waals surface area (Å²) < 4.78 is 1.90. The van der Waals surface area contributed by atoms with Gasteiger partial charge in [0.2, 0.25) is 5.91 Å². The molecule has 4 rings (SSSR count). The molecule has 7 heteroatoms. The fourth-order valence-electron chi connectivity index (χ4n) is 3.34. The predicted molar refractivity (Wildman–Crippen MR) is 110 cm³/mol. The highest BCUT2D eigenvalue weighted by molar-refractivity contribution is 7.15. The average Bonchev–Trinajstić information content (AvgIpc) is 3.23. The molecule has 3 aromatic rings. The maximum Gasteiger partial charge on any atom is 0.246 e. The molecule has 0 aliphatic carbocycles. The molecule has 27 heavy (non-hydrogen) atoms. The number of aryl methyl sites for hydroxylation is 1. The van der Waals surface area contributed by atoms with Crippen LogP contribution in [0.5, 0.6) is 0 Å². The van der Waals surface area contributed by atoms with Gasteiger partial charge >= 0.3 is 0 Å². The van der Waals surface area contributed by atoms with Gasteiger partial charge in [-0.3, -0.25) is 14.1 Å². The summed E-state index contributed by atoms with van der Waals surface area (Å²) in [5.41, 5.74) is 3.42. The van der Waals surface area contributed by atoms with Crippen molar-refractivity contribution >= 4 is 39.9 Å². The van der Waals surface area contributed by atoms with Crippen molar-refractivity contribution in [3.8, 4) is 0 Å². The molecular weight excluding hydrogens is 380 g/mol. The summed E-state index contributed by atoms with van der Waals surface area (Å²) >= 11 is 7.70. The number of hydrogen-bond acceptors (Lipinski definition) is 4. The first-order chi connectivity index (χ1) is 13.1. The van der Waals surface area contributed by atoms with E-state index in [2.05, 4.69) is 41.1 Å². The van der Waals surface area contributed by atoms with Crippen molar-refractivity contribution in [2.75, 3.05) is 26.2 Å². The van der Waals surface area contributed by atoms with Crippen molar-refractivity contribution < 1.29 is 4.79 Å². The first kappa shape index (κ1) is 18.2. The molecule has 1 aliphatic heterocycles. The van der Waals surface area contributed by atoms with Gasteiger partial charge in [-0.05, 0) is 24.1 Å².